The second-order valence-electron chi connectivity index (χ2n) is 5.92. The van der Waals surface area contributed by atoms with Crippen molar-refractivity contribution in [3.05, 3.63) is 65.5 Å². The Bertz CT molecular complexity index is 779. The molecule has 2 aromatic carbocycles. The molecule has 6 nitrogen and oxygen atoms in total. The van der Waals surface area contributed by atoms with E-state index in [4.69, 9.17) is 4.74 Å². The number of hydrazone groups is 1. The van der Waals surface area contributed by atoms with Crippen molar-refractivity contribution in [3.63, 3.8) is 0 Å². The first kappa shape index (κ1) is 18.0. The van der Waals surface area contributed by atoms with E-state index < -0.39 is 6.04 Å². The first-order valence-electron chi connectivity index (χ1n) is 8.48. The summed E-state index contributed by atoms with van der Waals surface area (Å²) in [6, 6.07) is 13.3. The third kappa shape index (κ3) is 4.65. The minimum atomic E-state index is -0.402. The minimum Gasteiger partial charge on any atom is -0.494 e. The van der Waals surface area contributed by atoms with Gasteiger partial charge in [-0.05, 0) is 48.7 Å². The number of carbonyl (C=O) groups is 1. The van der Waals surface area contributed by atoms with Crippen LogP contribution >= 0.6 is 0 Å². The molecule has 1 aliphatic heterocycles. The monoisotopic (exact) mass is 356 g/mol. The summed E-state index contributed by atoms with van der Waals surface area (Å²) in [5.74, 6) is 0.259. The molecule has 1 aliphatic rings. The van der Waals surface area contributed by atoms with Crippen LogP contribution in [0.3, 0.4) is 0 Å². The van der Waals surface area contributed by atoms with Gasteiger partial charge in [-0.3, -0.25) is 4.79 Å². The number of ether oxygens (including phenoxy) is 1. The van der Waals surface area contributed by atoms with Crippen molar-refractivity contribution in [3.8, 4) is 5.75 Å². The Balaban J connectivity index is 1.54. The van der Waals surface area contributed by atoms with E-state index in [1.54, 1.807) is 12.1 Å². The summed E-state index contributed by atoms with van der Waals surface area (Å²) in [5.41, 5.74) is 10.4. The topological polar surface area (TPSA) is 74.8 Å². The molecule has 136 valence electrons. The lowest BCUT2D eigenvalue weighted by molar-refractivity contribution is -0.122. The highest BCUT2D eigenvalue weighted by atomic mass is 19.1. The molecular weight excluding hydrogens is 335 g/mol. The fourth-order valence-electron chi connectivity index (χ4n) is 2.73. The maximum Gasteiger partial charge on any atom is 0.258 e. The molecule has 1 fully saturated rings. The molecule has 3 N–H and O–H groups in total. The molecule has 26 heavy (non-hydrogen) atoms. The number of hydrogen-bond donors (Lipinski definition) is 3. The van der Waals surface area contributed by atoms with E-state index in [9.17, 15) is 9.18 Å². The first-order chi connectivity index (χ1) is 12.7. The highest BCUT2D eigenvalue weighted by Crippen LogP contribution is 2.25. The molecule has 2 atom stereocenters. The van der Waals surface area contributed by atoms with Gasteiger partial charge < -0.3 is 4.74 Å². The van der Waals surface area contributed by atoms with Crippen molar-refractivity contribution in [1.29, 1.82) is 0 Å². The van der Waals surface area contributed by atoms with Crippen LogP contribution in [0.5, 0.6) is 5.75 Å². The molecule has 0 spiro atoms. The number of carbonyl (C=O) groups excluding carboxylic acids is 1. The number of halogens is 1. The molecule has 0 aromatic heterocycles. The Morgan fingerprint density at radius 2 is 2.12 bits per heavy atom. The molecule has 1 heterocycles. The number of hydrogen-bond acceptors (Lipinski definition) is 5. The summed E-state index contributed by atoms with van der Waals surface area (Å²) in [5, 5.41) is 3.92. The second kappa shape index (κ2) is 8.55. The van der Waals surface area contributed by atoms with E-state index >= 15 is 0 Å². The van der Waals surface area contributed by atoms with E-state index in [1.807, 2.05) is 31.2 Å². The average Bonchev–Trinajstić information content (AvgIpc) is 3.14. The molecule has 7 heteroatoms. The van der Waals surface area contributed by atoms with Crippen molar-refractivity contribution in [2.24, 2.45) is 5.10 Å². The predicted octanol–water partition coefficient (Wildman–Crippen LogP) is 2.28. The lowest BCUT2D eigenvalue weighted by atomic mass is 10.0. The van der Waals surface area contributed by atoms with Crippen LogP contribution in [0.4, 0.5) is 4.39 Å². The number of rotatable bonds is 6. The fraction of sp³-hybridized carbons (Fsp3) is 0.263. The predicted molar refractivity (Wildman–Crippen MR) is 97.2 cm³/mol. The van der Waals surface area contributed by atoms with Gasteiger partial charge in [0, 0.05) is 6.04 Å². The molecular formula is C19H21FN4O2. The highest BCUT2D eigenvalue weighted by Gasteiger charge is 2.30. The molecule has 0 bridgehead atoms. The van der Waals surface area contributed by atoms with Crippen molar-refractivity contribution in [1.82, 2.24) is 16.3 Å². The van der Waals surface area contributed by atoms with E-state index in [-0.39, 0.29) is 17.8 Å². The van der Waals surface area contributed by atoms with Crippen LogP contribution < -0.4 is 21.0 Å². The van der Waals surface area contributed by atoms with Crippen LogP contribution in [0.25, 0.3) is 0 Å². The van der Waals surface area contributed by atoms with Crippen LogP contribution in [-0.4, -0.2) is 24.8 Å². The second-order valence-corrected chi connectivity index (χ2v) is 5.92. The summed E-state index contributed by atoms with van der Waals surface area (Å²) < 4.78 is 18.4. The van der Waals surface area contributed by atoms with Gasteiger partial charge in [0.25, 0.3) is 5.91 Å². The number of nitrogens with zero attached hydrogens (tertiary/aromatic N) is 1. The Labute approximate surface area is 151 Å². The summed E-state index contributed by atoms with van der Waals surface area (Å²) in [6.07, 6.45) is 2.07. The highest BCUT2D eigenvalue weighted by molar-refractivity contribution is 5.85. The molecule has 2 aromatic rings. The number of nitrogens with one attached hydrogen (secondary N) is 3. The zero-order chi connectivity index (χ0) is 18.4. The SMILES string of the molecule is CCOc1cccc(C2CC(C(=O)N/N=C/c3ccc(F)cc3)NN2)c1. The van der Waals surface area contributed by atoms with Crippen LogP contribution in [-0.2, 0) is 4.79 Å². The minimum absolute atomic E-state index is 0.00670. The van der Waals surface area contributed by atoms with Crippen molar-refractivity contribution in [2.45, 2.75) is 25.4 Å². The van der Waals surface area contributed by atoms with Crippen molar-refractivity contribution >= 4 is 12.1 Å². The first-order valence-corrected chi connectivity index (χ1v) is 8.48. The van der Waals surface area contributed by atoms with Crippen LogP contribution in [0.2, 0.25) is 0 Å². The standard InChI is InChI=1S/C19H21FN4O2/c1-2-26-16-5-3-4-14(10-16)17-11-18(23-22-17)19(25)24-21-12-13-6-8-15(20)9-7-13/h3-10,12,17-18,22-23H,2,11H2,1H3,(H,24,25)/b21-12+. The lowest BCUT2D eigenvalue weighted by Gasteiger charge is -2.11. The Kier molecular flexibility index (Phi) is 5.93. The average molecular weight is 356 g/mol. The van der Waals surface area contributed by atoms with Gasteiger partial charge in [0.1, 0.15) is 17.6 Å². The normalized spacial score (nSPS) is 19.6. The number of hydrazine groups is 1. The Hall–Kier alpha value is -2.77. The molecule has 0 saturated carbocycles. The Morgan fingerprint density at radius 1 is 1.31 bits per heavy atom. The molecule has 1 amide bonds. The molecule has 2 unspecified atom stereocenters. The molecule has 3 rings (SSSR count). The third-order valence-electron chi connectivity index (χ3n) is 4.05. The van der Waals surface area contributed by atoms with Gasteiger partial charge >= 0.3 is 0 Å². The quantitative estimate of drug-likeness (QED) is 0.548. The molecule has 1 saturated heterocycles. The van der Waals surface area contributed by atoms with Gasteiger partial charge in [-0.25, -0.2) is 20.7 Å². The number of benzene rings is 2. The van der Waals surface area contributed by atoms with Gasteiger partial charge in [0.05, 0.1) is 12.8 Å². The van der Waals surface area contributed by atoms with E-state index in [0.29, 0.717) is 18.6 Å². The third-order valence-corrected chi connectivity index (χ3v) is 4.05. The molecule has 0 aliphatic carbocycles. The number of amides is 1. The van der Waals surface area contributed by atoms with E-state index in [0.717, 1.165) is 11.3 Å². The maximum absolute atomic E-state index is 12.8. The van der Waals surface area contributed by atoms with Gasteiger partial charge in [-0.2, -0.15) is 5.10 Å². The van der Waals surface area contributed by atoms with E-state index in [1.165, 1.54) is 18.3 Å². The smallest absolute Gasteiger partial charge is 0.258 e. The van der Waals surface area contributed by atoms with Gasteiger partial charge in [0.2, 0.25) is 0 Å². The Morgan fingerprint density at radius 3 is 2.88 bits per heavy atom. The van der Waals surface area contributed by atoms with Crippen molar-refractivity contribution in [2.75, 3.05) is 6.61 Å². The zero-order valence-corrected chi connectivity index (χ0v) is 14.4. The zero-order valence-electron chi connectivity index (χ0n) is 14.4. The van der Waals surface area contributed by atoms with Gasteiger partial charge in [-0.1, -0.05) is 24.3 Å². The summed E-state index contributed by atoms with van der Waals surface area (Å²) >= 11 is 0. The van der Waals surface area contributed by atoms with Gasteiger partial charge in [-0.15, -0.1) is 0 Å². The van der Waals surface area contributed by atoms with Crippen LogP contribution in [0.15, 0.2) is 53.6 Å². The largest absolute Gasteiger partial charge is 0.494 e. The lowest BCUT2D eigenvalue weighted by Crippen LogP contribution is -2.41. The molecule has 0 radical (unpaired) electrons. The van der Waals surface area contributed by atoms with Crippen LogP contribution in [0, 0.1) is 5.82 Å². The van der Waals surface area contributed by atoms with Gasteiger partial charge in [0.15, 0.2) is 0 Å². The summed E-state index contributed by atoms with van der Waals surface area (Å²) in [7, 11) is 0. The van der Waals surface area contributed by atoms with Crippen molar-refractivity contribution < 1.29 is 13.9 Å². The fourth-order valence-corrected chi connectivity index (χ4v) is 2.73. The summed E-state index contributed by atoms with van der Waals surface area (Å²) in [4.78, 5) is 12.2. The maximum atomic E-state index is 12.8. The van der Waals surface area contributed by atoms with E-state index in [2.05, 4.69) is 21.4 Å². The van der Waals surface area contributed by atoms with Crippen LogP contribution in [0.1, 0.15) is 30.5 Å². The summed E-state index contributed by atoms with van der Waals surface area (Å²) in [6.45, 7) is 2.55.